The second-order valence-electron chi connectivity index (χ2n) is 7.93. The predicted molar refractivity (Wildman–Crippen MR) is 123 cm³/mol. The zero-order valence-corrected chi connectivity index (χ0v) is 17.0. The summed E-state index contributed by atoms with van der Waals surface area (Å²) < 4.78 is 0. The normalized spacial score (nSPS) is 15.3. The summed E-state index contributed by atoms with van der Waals surface area (Å²) in [5.74, 6) is 1.16. The number of hydrogen-bond donors (Lipinski definition) is 0. The van der Waals surface area contributed by atoms with Gasteiger partial charge in [-0.25, -0.2) is 0 Å². The average molecular weight is 383 g/mol. The summed E-state index contributed by atoms with van der Waals surface area (Å²) in [7, 11) is 0. The third kappa shape index (κ3) is 5.35. The van der Waals surface area contributed by atoms with Gasteiger partial charge < -0.3 is 4.90 Å². The van der Waals surface area contributed by atoms with Crippen molar-refractivity contribution >= 4 is 6.34 Å². The van der Waals surface area contributed by atoms with Crippen LogP contribution in [0.4, 0.5) is 0 Å². The zero-order valence-electron chi connectivity index (χ0n) is 17.0. The van der Waals surface area contributed by atoms with Gasteiger partial charge in [0.15, 0.2) is 0 Å². The molecule has 0 bridgehead atoms. The summed E-state index contributed by atoms with van der Waals surface area (Å²) in [5, 5.41) is 0. The molecule has 4 rings (SSSR count). The van der Waals surface area contributed by atoms with Crippen molar-refractivity contribution in [3.05, 3.63) is 108 Å². The maximum Gasteiger partial charge on any atom is 0.0849 e. The van der Waals surface area contributed by atoms with E-state index in [0.29, 0.717) is 11.8 Å². The van der Waals surface area contributed by atoms with Gasteiger partial charge in [-0.05, 0) is 41.9 Å². The van der Waals surface area contributed by atoms with E-state index < -0.39 is 0 Å². The molecular formula is C27H30N2. The van der Waals surface area contributed by atoms with Crippen molar-refractivity contribution < 1.29 is 0 Å². The third-order valence-electron chi connectivity index (χ3n) is 5.98. The lowest BCUT2D eigenvalue weighted by molar-refractivity contribution is 0.254. The highest BCUT2D eigenvalue weighted by Gasteiger charge is 2.28. The summed E-state index contributed by atoms with van der Waals surface area (Å²) in [6, 6.07) is 32.6. The molecule has 1 aliphatic heterocycles. The van der Waals surface area contributed by atoms with E-state index in [9.17, 15) is 0 Å². The van der Waals surface area contributed by atoms with Crippen LogP contribution in [-0.4, -0.2) is 30.9 Å². The highest BCUT2D eigenvalue weighted by molar-refractivity contribution is 5.55. The van der Waals surface area contributed by atoms with Crippen molar-refractivity contribution in [3.8, 4) is 0 Å². The van der Waals surface area contributed by atoms with Crippen LogP contribution in [0.15, 0.2) is 96.0 Å². The van der Waals surface area contributed by atoms with Gasteiger partial charge in [-0.15, -0.1) is 0 Å². The Morgan fingerprint density at radius 1 is 0.759 bits per heavy atom. The average Bonchev–Trinajstić information content (AvgIpc) is 2.80. The maximum absolute atomic E-state index is 4.68. The first-order valence-electron chi connectivity index (χ1n) is 10.8. The first kappa shape index (κ1) is 19.4. The van der Waals surface area contributed by atoms with E-state index >= 15 is 0 Å². The smallest absolute Gasteiger partial charge is 0.0849 e. The van der Waals surface area contributed by atoms with E-state index in [2.05, 4.69) is 107 Å². The van der Waals surface area contributed by atoms with Gasteiger partial charge in [0.2, 0.25) is 0 Å². The van der Waals surface area contributed by atoms with Crippen LogP contribution in [-0.2, 0) is 6.42 Å². The van der Waals surface area contributed by atoms with Gasteiger partial charge in [-0.2, -0.15) is 0 Å². The Morgan fingerprint density at radius 3 is 1.83 bits per heavy atom. The molecule has 0 atom stereocenters. The lowest BCUT2D eigenvalue weighted by Gasteiger charge is -2.36. The number of likely N-dealkylation sites (tertiary alicyclic amines) is 1. The van der Waals surface area contributed by atoms with Crippen LogP contribution in [0.2, 0.25) is 0 Å². The van der Waals surface area contributed by atoms with Crippen molar-refractivity contribution in [1.29, 1.82) is 0 Å². The molecule has 3 aromatic carbocycles. The lowest BCUT2D eigenvalue weighted by Crippen LogP contribution is -2.35. The quantitative estimate of drug-likeness (QED) is 0.372. The summed E-state index contributed by atoms with van der Waals surface area (Å²) in [4.78, 5) is 7.07. The summed E-state index contributed by atoms with van der Waals surface area (Å²) >= 11 is 0. The molecule has 3 aromatic rings. The standard InChI is InChI=1S/C27H30N2/c1-4-10-23(11-5-1)16-19-28-22-29-20-17-26(18-21-29)27(24-12-6-2-7-13-24)25-14-8-3-9-15-25/h1-15,22,26-27H,16-21H2/b28-22+. The van der Waals surface area contributed by atoms with Crippen LogP contribution in [0.1, 0.15) is 35.4 Å². The van der Waals surface area contributed by atoms with E-state index in [4.69, 9.17) is 0 Å². The lowest BCUT2D eigenvalue weighted by atomic mass is 9.76. The minimum atomic E-state index is 0.481. The first-order valence-corrected chi connectivity index (χ1v) is 10.8. The fraction of sp³-hybridized carbons (Fsp3) is 0.296. The van der Waals surface area contributed by atoms with E-state index in [1.165, 1.54) is 29.5 Å². The Labute approximate surface area is 174 Å². The van der Waals surface area contributed by atoms with E-state index in [1.807, 2.05) is 0 Å². The Hall–Kier alpha value is -2.87. The molecule has 2 nitrogen and oxygen atoms in total. The number of hydrogen-bond acceptors (Lipinski definition) is 1. The second-order valence-corrected chi connectivity index (χ2v) is 7.93. The van der Waals surface area contributed by atoms with Crippen molar-refractivity contribution in [2.24, 2.45) is 10.9 Å². The maximum atomic E-state index is 4.68. The van der Waals surface area contributed by atoms with Gasteiger partial charge in [0, 0.05) is 25.6 Å². The second kappa shape index (κ2) is 10.1. The molecule has 0 aliphatic carbocycles. The van der Waals surface area contributed by atoms with Crippen molar-refractivity contribution in [2.75, 3.05) is 19.6 Å². The molecule has 29 heavy (non-hydrogen) atoms. The highest BCUT2D eigenvalue weighted by Crippen LogP contribution is 2.37. The molecule has 1 heterocycles. The van der Waals surface area contributed by atoms with Gasteiger partial charge in [0.05, 0.1) is 6.34 Å². The SMILES string of the molecule is C(=N\CCc1ccccc1)/N1CCC(C(c2ccccc2)c2ccccc2)CC1. The van der Waals surface area contributed by atoms with Gasteiger partial charge in [0.1, 0.15) is 0 Å². The molecule has 1 fully saturated rings. The molecule has 0 unspecified atom stereocenters. The molecule has 148 valence electrons. The molecule has 1 saturated heterocycles. The van der Waals surface area contributed by atoms with Gasteiger partial charge >= 0.3 is 0 Å². The van der Waals surface area contributed by atoms with Gasteiger partial charge in [-0.3, -0.25) is 4.99 Å². The molecular weight excluding hydrogens is 352 g/mol. The molecule has 2 heteroatoms. The van der Waals surface area contributed by atoms with Gasteiger partial charge in [-0.1, -0.05) is 91.0 Å². The number of aliphatic imine (C=N–C) groups is 1. The van der Waals surface area contributed by atoms with Crippen molar-refractivity contribution in [3.63, 3.8) is 0 Å². The Morgan fingerprint density at radius 2 is 1.28 bits per heavy atom. The summed E-state index contributed by atoms with van der Waals surface area (Å²) in [6.45, 7) is 3.05. The van der Waals surface area contributed by atoms with Crippen LogP contribution < -0.4 is 0 Å². The fourth-order valence-corrected chi connectivity index (χ4v) is 4.44. The van der Waals surface area contributed by atoms with E-state index in [-0.39, 0.29) is 0 Å². The number of piperidine rings is 1. The predicted octanol–water partition coefficient (Wildman–Crippen LogP) is 5.80. The van der Waals surface area contributed by atoms with Crippen LogP contribution in [0, 0.1) is 5.92 Å². The Balaban J connectivity index is 1.35. The molecule has 0 aromatic heterocycles. The van der Waals surface area contributed by atoms with Crippen molar-refractivity contribution in [2.45, 2.75) is 25.2 Å². The minimum Gasteiger partial charge on any atom is -0.363 e. The number of benzene rings is 3. The molecule has 1 aliphatic rings. The molecule has 0 amide bonds. The van der Waals surface area contributed by atoms with Crippen LogP contribution >= 0.6 is 0 Å². The summed E-state index contributed by atoms with van der Waals surface area (Å²) in [5.41, 5.74) is 4.24. The van der Waals surface area contributed by atoms with Crippen LogP contribution in [0.25, 0.3) is 0 Å². The summed E-state index contributed by atoms with van der Waals surface area (Å²) in [6.07, 6.45) is 5.51. The Bertz CT molecular complexity index is 827. The molecule has 0 saturated carbocycles. The third-order valence-corrected chi connectivity index (χ3v) is 5.98. The van der Waals surface area contributed by atoms with Crippen LogP contribution in [0.3, 0.4) is 0 Å². The number of nitrogens with zero attached hydrogens (tertiary/aromatic N) is 2. The fourth-order valence-electron chi connectivity index (χ4n) is 4.44. The van der Waals surface area contributed by atoms with E-state index in [0.717, 1.165) is 26.1 Å². The molecule has 0 N–H and O–H groups in total. The minimum absolute atomic E-state index is 0.481. The van der Waals surface area contributed by atoms with Gasteiger partial charge in [0.25, 0.3) is 0 Å². The largest absolute Gasteiger partial charge is 0.363 e. The topological polar surface area (TPSA) is 15.6 Å². The van der Waals surface area contributed by atoms with Crippen molar-refractivity contribution in [1.82, 2.24) is 4.90 Å². The van der Waals surface area contributed by atoms with E-state index in [1.54, 1.807) is 0 Å². The Kier molecular flexibility index (Phi) is 6.75. The highest BCUT2D eigenvalue weighted by atomic mass is 15.1. The molecule has 0 spiro atoms. The number of rotatable bonds is 7. The van der Waals surface area contributed by atoms with Crippen LogP contribution in [0.5, 0.6) is 0 Å². The monoisotopic (exact) mass is 382 g/mol. The zero-order chi connectivity index (χ0) is 19.7. The molecule has 0 radical (unpaired) electrons. The first-order chi connectivity index (χ1) is 14.4.